The van der Waals surface area contributed by atoms with Crippen molar-refractivity contribution in [1.29, 1.82) is 0 Å². The first kappa shape index (κ1) is 66.3. The molecular formula is C78H81ClN8O11S. The van der Waals surface area contributed by atoms with Crippen molar-refractivity contribution >= 4 is 56.7 Å². The van der Waals surface area contributed by atoms with Gasteiger partial charge in [0.1, 0.15) is 40.4 Å². The highest BCUT2D eigenvalue weighted by atomic mass is 35.5. The number of likely N-dealkylation sites (tertiary alicyclic amines) is 3. The van der Waals surface area contributed by atoms with Gasteiger partial charge in [-0.2, -0.15) is 5.10 Å². The summed E-state index contributed by atoms with van der Waals surface area (Å²) in [7, 11) is 5.15. The van der Waals surface area contributed by atoms with Crippen molar-refractivity contribution < 1.29 is 53.8 Å². The fraction of sp³-hybridized carbons (Fsp3) is 0.333. The van der Waals surface area contributed by atoms with Gasteiger partial charge in [-0.1, -0.05) is 35.9 Å². The molecule has 1 atom stereocenters. The number of carbonyl (C=O) groups excluding carboxylic acids is 4. The molecular weight excluding hydrogens is 1290 g/mol. The molecule has 0 N–H and O–H groups in total. The molecule has 0 radical (unpaired) electrons. The minimum atomic E-state index is -0.566. The molecule has 6 aliphatic rings. The topological polar surface area (TPSA) is 183 Å². The van der Waals surface area contributed by atoms with Gasteiger partial charge in [-0.15, -0.1) is 11.3 Å². The summed E-state index contributed by atoms with van der Waals surface area (Å²) >= 11 is 7.81. The van der Waals surface area contributed by atoms with Crippen molar-refractivity contribution in [2.45, 2.75) is 102 Å². The van der Waals surface area contributed by atoms with Crippen LogP contribution in [0.3, 0.4) is 0 Å². The third-order valence-electron chi connectivity index (χ3n) is 19.7. The van der Waals surface area contributed by atoms with Crippen LogP contribution in [0.4, 0.5) is 0 Å². The van der Waals surface area contributed by atoms with E-state index in [2.05, 4.69) is 27.9 Å². The van der Waals surface area contributed by atoms with Crippen LogP contribution in [0.2, 0.25) is 5.02 Å². The minimum Gasteiger partial charge on any atom is -0.493 e. The number of hydrogen-bond acceptors (Lipinski definition) is 14. The Balaban J connectivity index is 0.000000134. The molecule has 19 nitrogen and oxygen atoms in total. The van der Waals surface area contributed by atoms with Gasteiger partial charge in [0, 0.05) is 152 Å². The van der Waals surface area contributed by atoms with E-state index in [0.717, 1.165) is 96.8 Å². The van der Waals surface area contributed by atoms with Crippen molar-refractivity contribution in [3.05, 3.63) is 213 Å². The van der Waals surface area contributed by atoms with E-state index in [0.29, 0.717) is 105 Å². The molecule has 0 aliphatic carbocycles. The second kappa shape index (κ2) is 27.1. The smallest absolute Gasteiger partial charge is 0.253 e. The summed E-state index contributed by atoms with van der Waals surface area (Å²) in [6, 6.07) is 46.3. The second-order valence-corrected chi connectivity index (χ2v) is 27.8. The molecule has 0 unspecified atom stereocenters. The molecule has 21 heteroatoms. The van der Waals surface area contributed by atoms with Crippen molar-refractivity contribution in [1.82, 2.24) is 38.6 Å². The molecule has 16 rings (SSSR count). The van der Waals surface area contributed by atoms with Gasteiger partial charge in [-0.25, -0.2) is 4.98 Å². The lowest BCUT2D eigenvalue weighted by molar-refractivity contribution is -0.00985. The maximum atomic E-state index is 13.4. The predicted octanol–water partition coefficient (Wildman–Crippen LogP) is 14.8. The van der Waals surface area contributed by atoms with E-state index < -0.39 is 16.8 Å². The Morgan fingerprint density at radius 1 is 0.616 bits per heavy atom. The van der Waals surface area contributed by atoms with Crippen molar-refractivity contribution in [3.63, 3.8) is 0 Å². The first-order valence-electron chi connectivity index (χ1n) is 33.7. The molecule has 99 heavy (non-hydrogen) atoms. The maximum Gasteiger partial charge on any atom is 0.253 e. The third kappa shape index (κ3) is 12.7. The monoisotopic (exact) mass is 1370 g/mol. The molecule has 3 spiro atoms. The number of nitrogens with zero attached hydrogens (tertiary/aromatic N) is 8. The SMILES string of the molecule is CC(=O)c1ccc2n1-c1ccccc1OC21CCN(C(=O)c2ccc(OC(C)C)c(C)c2)CC1.COC[C@H](C)Oc1ccc(C(=O)N2CCC3(CC2)Oc2cc(Cl)ccc2-n2cccc23)cc1OC.Cn1cc2c(n1)-c1ccccc1OC21CCN(C(=O)c2ccc3ncsc3c2)CC1.[HH]. The van der Waals surface area contributed by atoms with Crippen LogP contribution >= 0.6 is 22.9 Å². The summed E-state index contributed by atoms with van der Waals surface area (Å²) in [5.41, 5.74) is 11.9. The number of benzene rings is 6. The lowest BCUT2D eigenvalue weighted by Crippen LogP contribution is -2.50. The number of ketones is 1. The van der Waals surface area contributed by atoms with Gasteiger partial charge >= 0.3 is 0 Å². The fourth-order valence-corrected chi connectivity index (χ4v) is 15.6. The van der Waals surface area contributed by atoms with E-state index >= 15 is 0 Å². The Kier molecular flexibility index (Phi) is 18.2. The predicted molar refractivity (Wildman–Crippen MR) is 381 cm³/mol. The lowest BCUT2D eigenvalue weighted by Gasteiger charge is -2.45. The second-order valence-electron chi connectivity index (χ2n) is 26.5. The number of aromatic nitrogens is 5. The number of carbonyl (C=O) groups is 4. The summed E-state index contributed by atoms with van der Waals surface area (Å²) in [4.78, 5) is 62.1. The standard InChI is InChI=1S/C28H30N2O4.C27H29ClN2O5.C23H20N4O2S.H2/c1-18(2)33-24-11-9-21(17-19(24)3)27(32)29-15-13-28(14-16-29)26-12-10-22(20(4)31)30(26)23-7-5-6-8-25(23)34-28;1-18(17-32-2)34-22-9-6-19(15-24(22)33-3)26(31)29-13-10-27(11-14-29)25-5-4-12-30(25)21-8-7-20(28)16-23(21)35-27;1-26-13-17-21(25-26)16-4-2-3-5-19(16)29-23(17)8-10-27(11-9-23)22(28)15-6-7-18-20(12-15)30-14-24-18;/h5-12,17-18H,13-16H2,1-4H3;4-9,12,15-16,18H,10-11,13-14,17H2,1-3H3;2-7,12-14H,8-11H2,1H3;1H/t;18-;;/m.0../s1. The number of thiazole rings is 1. The quantitative estimate of drug-likeness (QED) is 0.112. The molecule has 3 fully saturated rings. The van der Waals surface area contributed by atoms with Crippen LogP contribution in [-0.2, 0) is 28.6 Å². The van der Waals surface area contributed by atoms with Crippen LogP contribution in [0, 0.1) is 6.92 Å². The molecule has 10 heterocycles. The van der Waals surface area contributed by atoms with E-state index in [1.807, 2.05) is 186 Å². The van der Waals surface area contributed by atoms with E-state index in [4.69, 9.17) is 49.9 Å². The normalized spacial score (nSPS) is 16.6. The largest absolute Gasteiger partial charge is 0.493 e. The molecule has 6 aliphatic heterocycles. The first-order valence-corrected chi connectivity index (χ1v) is 34.9. The average molecular weight is 1370 g/mol. The van der Waals surface area contributed by atoms with Gasteiger partial charge in [0.25, 0.3) is 17.7 Å². The molecule has 0 saturated carbocycles. The van der Waals surface area contributed by atoms with Crippen LogP contribution in [0.15, 0.2) is 163 Å². The maximum absolute atomic E-state index is 13.4. The van der Waals surface area contributed by atoms with Gasteiger partial charge in [0.2, 0.25) is 0 Å². The Morgan fingerprint density at radius 3 is 1.89 bits per heavy atom. The Bertz CT molecular complexity index is 4730. The molecule has 3 saturated heterocycles. The van der Waals surface area contributed by atoms with Gasteiger partial charge in [-0.3, -0.25) is 23.9 Å². The van der Waals surface area contributed by atoms with Crippen LogP contribution in [0.25, 0.3) is 32.8 Å². The summed E-state index contributed by atoms with van der Waals surface area (Å²) in [5, 5.41) is 5.36. The van der Waals surface area contributed by atoms with Crippen molar-refractivity contribution in [2.75, 3.05) is 60.1 Å². The molecule has 512 valence electrons. The fourth-order valence-electron chi connectivity index (χ4n) is 14.7. The highest BCUT2D eigenvalue weighted by molar-refractivity contribution is 7.16. The van der Waals surface area contributed by atoms with Gasteiger partial charge in [0.15, 0.2) is 28.5 Å². The van der Waals surface area contributed by atoms with Crippen LogP contribution in [0.5, 0.6) is 34.5 Å². The van der Waals surface area contributed by atoms with Crippen LogP contribution in [-0.4, -0.2) is 134 Å². The molecule has 10 aromatic rings. The number of para-hydroxylation sites is 3. The van der Waals surface area contributed by atoms with Crippen LogP contribution < -0.4 is 28.4 Å². The summed E-state index contributed by atoms with van der Waals surface area (Å²) in [6.07, 6.45) is 8.23. The van der Waals surface area contributed by atoms with E-state index in [-0.39, 0.29) is 37.1 Å². The highest BCUT2D eigenvalue weighted by Gasteiger charge is 2.49. The summed E-state index contributed by atoms with van der Waals surface area (Å²) in [6.45, 7) is 13.5. The zero-order valence-corrected chi connectivity index (χ0v) is 58.4. The number of aryl methyl sites for hydroxylation is 2. The molecule has 6 aromatic carbocycles. The van der Waals surface area contributed by atoms with E-state index in [1.54, 1.807) is 50.7 Å². The van der Waals surface area contributed by atoms with Crippen molar-refractivity contribution in [2.24, 2.45) is 7.05 Å². The third-order valence-corrected chi connectivity index (χ3v) is 20.7. The number of methoxy groups -OCH3 is 2. The van der Waals surface area contributed by atoms with E-state index in [9.17, 15) is 19.2 Å². The number of amides is 3. The molecule has 4 aromatic heterocycles. The molecule has 0 bridgehead atoms. The summed E-state index contributed by atoms with van der Waals surface area (Å²) in [5.74, 6) is 4.39. The first-order chi connectivity index (χ1) is 47.9. The molecule has 3 amide bonds. The zero-order chi connectivity index (χ0) is 68.9. The number of fused-ring (bicyclic) bond motifs is 13. The number of hydrogen-bond donors (Lipinski definition) is 0. The van der Waals surface area contributed by atoms with Gasteiger partial charge in [-0.05, 0) is 149 Å². The number of ether oxygens (including phenoxy) is 7. The van der Waals surface area contributed by atoms with E-state index in [1.165, 1.54) is 0 Å². The number of Topliss-reactive ketones (excluding diaryl/α,β-unsaturated/α-hetero) is 1. The number of rotatable bonds is 11. The van der Waals surface area contributed by atoms with Crippen molar-refractivity contribution in [3.8, 4) is 57.1 Å². The Morgan fingerprint density at radius 2 is 1.22 bits per heavy atom. The number of piperidine rings is 3. The Labute approximate surface area is 585 Å². The van der Waals surface area contributed by atoms with Gasteiger partial charge in [0.05, 0.1) is 64.0 Å². The number of halogens is 1. The summed E-state index contributed by atoms with van der Waals surface area (Å²) < 4.78 is 49.2. The highest BCUT2D eigenvalue weighted by Crippen LogP contribution is 2.51. The zero-order valence-electron chi connectivity index (χ0n) is 56.8. The lowest BCUT2D eigenvalue weighted by atomic mass is 9.81. The average Bonchev–Trinajstić information content (AvgIpc) is 1.06. The Hall–Kier alpha value is -9.89. The van der Waals surface area contributed by atoms with Crippen LogP contribution in [0.1, 0.15) is 132 Å². The van der Waals surface area contributed by atoms with Gasteiger partial charge < -0.3 is 57.0 Å². The minimum absolute atomic E-state index is 0.